The highest BCUT2D eigenvalue weighted by molar-refractivity contribution is 7.17. The van der Waals surface area contributed by atoms with Crippen LogP contribution in [0.25, 0.3) is 21.3 Å². The average Bonchev–Trinajstić information content (AvgIpc) is 3.24. The summed E-state index contributed by atoms with van der Waals surface area (Å²) in [7, 11) is 0. The van der Waals surface area contributed by atoms with Crippen molar-refractivity contribution in [3.8, 4) is 16.9 Å². The molecule has 158 valence electrons. The quantitative estimate of drug-likeness (QED) is 0.242. The van der Waals surface area contributed by atoms with Crippen LogP contribution in [0.3, 0.4) is 0 Å². The molecule has 0 aliphatic heterocycles. The molecule has 1 aromatic carbocycles. The molecular formula is C24H22FN3O2S. The number of halogens is 1. The number of thiophene rings is 1. The summed E-state index contributed by atoms with van der Waals surface area (Å²) in [5, 5.41) is 3.09. The average molecular weight is 436 g/mol. The molecule has 4 aromatic rings. The number of hydrogen-bond acceptors (Lipinski definition) is 6. The highest BCUT2D eigenvalue weighted by Gasteiger charge is 2.13. The fourth-order valence-corrected chi connectivity index (χ4v) is 4.34. The van der Waals surface area contributed by atoms with E-state index in [0.29, 0.717) is 24.3 Å². The minimum absolute atomic E-state index is 0.0541. The first kappa shape index (κ1) is 21.1. The second-order valence-electron chi connectivity index (χ2n) is 7.15. The second kappa shape index (κ2) is 9.75. The van der Waals surface area contributed by atoms with Crippen LogP contribution in [0.5, 0.6) is 5.75 Å². The highest BCUT2D eigenvalue weighted by Crippen LogP contribution is 2.34. The Hall–Kier alpha value is -3.19. The van der Waals surface area contributed by atoms with Gasteiger partial charge in [0.1, 0.15) is 22.7 Å². The number of carbonyl (C=O) groups excluding carboxylic acids is 1. The Morgan fingerprint density at radius 1 is 1.13 bits per heavy atom. The van der Waals surface area contributed by atoms with E-state index in [-0.39, 0.29) is 11.6 Å². The van der Waals surface area contributed by atoms with Gasteiger partial charge in [-0.1, -0.05) is 19.1 Å². The van der Waals surface area contributed by atoms with E-state index >= 15 is 0 Å². The summed E-state index contributed by atoms with van der Waals surface area (Å²) in [6.45, 7) is 2.36. The molecule has 0 saturated carbocycles. The lowest BCUT2D eigenvalue weighted by atomic mass is 10.0. The number of rotatable bonds is 9. The number of pyridine rings is 1. The van der Waals surface area contributed by atoms with Gasteiger partial charge in [-0.3, -0.25) is 9.78 Å². The lowest BCUT2D eigenvalue weighted by Crippen LogP contribution is -2.02. The summed E-state index contributed by atoms with van der Waals surface area (Å²) in [4.78, 5) is 25.7. The van der Waals surface area contributed by atoms with Crippen molar-refractivity contribution < 1.29 is 13.9 Å². The van der Waals surface area contributed by atoms with Crippen LogP contribution in [0.15, 0.2) is 54.4 Å². The zero-order chi connectivity index (χ0) is 21.6. The first-order valence-corrected chi connectivity index (χ1v) is 11.1. The summed E-state index contributed by atoms with van der Waals surface area (Å²) < 4.78 is 19.1. The number of benzene rings is 1. The number of aromatic nitrogens is 3. The number of fused-ring (bicyclic) bond motifs is 1. The molecule has 0 fully saturated rings. The SMILES string of the molecule is CCC(=O)c1cncc(OCCCCc2ncnc3scc(-c4ccc(F)cc4)c23)c1. The van der Waals surface area contributed by atoms with E-state index in [2.05, 4.69) is 20.3 Å². The molecule has 0 aliphatic carbocycles. The number of unbranched alkanes of at least 4 members (excludes halogenated alkanes) is 1. The number of hydrogen-bond donors (Lipinski definition) is 0. The maximum Gasteiger partial charge on any atom is 0.164 e. The molecule has 31 heavy (non-hydrogen) atoms. The van der Waals surface area contributed by atoms with Crippen molar-refractivity contribution in [2.75, 3.05) is 6.61 Å². The van der Waals surface area contributed by atoms with Crippen molar-refractivity contribution in [1.82, 2.24) is 15.0 Å². The molecular weight excluding hydrogens is 413 g/mol. The van der Waals surface area contributed by atoms with Crippen LogP contribution >= 0.6 is 11.3 Å². The predicted molar refractivity (Wildman–Crippen MR) is 120 cm³/mol. The van der Waals surface area contributed by atoms with E-state index in [9.17, 15) is 9.18 Å². The van der Waals surface area contributed by atoms with Crippen LogP contribution in [0, 0.1) is 5.82 Å². The topological polar surface area (TPSA) is 65.0 Å². The van der Waals surface area contributed by atoms with Crippen LogP contribution in [0.2, 0.25) is 0 Å². The maximum absolute atomic E-state index is 13.3. The summed E-state index contributed by atoms with van der Waals surface area (Å²) in [5.41, 5.74) is 3.56. The minimum Gasteiger partial charge on any atom is -0.492 e. The molecule has 7 heteroatoms. The summed E-state index contributed by atoms with van der Waals surface area (Å²) in [5.74, 6) is 0.415. The monoisotopic (exact) mass is 435 g/mol. The first-order chi connectivity index (χ1) is 15.2. The molecule has 0 amide bonds. The van der Waals surface area contributed by atoms with Crippen LogP contribution in [0.1, 0.15) is 42.2 Å². The van der Waals surface area contributed by atoms with E-state index < -0.39 is 0 Å². The fraction of sp³-hybridized carbons (Fsp3) is 0.250. The summed E-state index contributed by atoms with van der Waals surface area (Å²) in [6.07, 6.45) is 7.76. The van der Waals surface area contributed by atoms with Gasteiger partial charge in [-0.25, -0.2) is 14.4 Å². The lowest BCUT2D eigenvalue weighted by Gasteiger charge is -2.08. The molecule has 0 unspecified atom stereocenters. The number of aryl methyl sites for hydroxylation is 1. The van der Waals surface area contributed by atoms with E-state index in [0.717, 1.165) is 46.3 Å². The molecule has 0 bridgehead atoms. The number of carbonyl (C=O) groups is 1. The van der Waals surface area contributed by atoms with Gasteiger partial charge in [0.05, 0.1) is 18.5 Å². The third-order valence-corrected chi connectivity index (χ3v) is 5.92. The van der Waals surface area contributed by atoms with Gasteiger partial charge in [0, 0.05) is 34.5 Å². The minimum atomic E-state index is -0.250. The van der Waals surface area contributed by atoms with Crippen molar-refractivity contribution in [2.24, 2.45) is 0 Å². The largest absolute Gasteiger partial charge is 0.492 e. The molecule has 0 N–H and O–H groups in total. The highest BCUT2D eigenvalue weighted by atomic mass is 32.1. The molecule has 5 nitrogen and oxygen atoms in total. The number of ether oxygens (including phenoxy) is 1. The third-order valence-electron chi connectivity index (χ3n) is 5.04. The van der Waals surface area contributed by atoms with Gasteiger partial charge in [-0.2, -0.15) is 0 Å². The number of nitrogens with zero attached hydrogens (tertiary/aromatic N) is 3. The van der Waals surface area contributed by atoms with Crippen molar-refractivity contribution in [1.29, 1.82) is 0 Å². The second-order valence-corrected chi connectivity index (χ2v) is 8.01. The molecule has 0 atom stereocenters. The van der Waals surface area contributed by atoms with Gasteiger partial charge < -0.3 is 4.74 Å². The maximum atomic E-state index is 13.3. The van der Waals surface area contributed by atoms with Gasteiger partial charge in [0.25, 0.3) is 0 Å². The summed E-state index contributed by atoms with van der Waals surface area (Å²) >= 11 is 1.57. The third kappa shape index (κ3) is 4.94. The Morgan fingerprint density at radius 3 is 2.77 bits per heavy atom. The van der Waals surface area contributed by atoms with Crippen molar-refractivity contribution in [3.05, 3.63) is 71.5 Å². The first-order valence-electron chi connectivity index (χ1n) is 10.2. The Kier molecular flexibility index (Phi) is 6.62. The van der Waals surface area contributed by atoms with Crippen molar-refractivity contribution >= 4 is 27.3 Å². The molecule has 4 rings (SSSR count). The van der Waals surface area contributed by atoms with E-state index in [1.807, 2.05) is 6.92 Å². The molecule has 0 radical (unpaired) electrons. The van der Waals surface area contributed by atoms with Crippen LogP contribution in [-0.4, -0.2) is 27.3 Å². The normalized spacial score (nSPS) is 11.0. The van der Waals surface area contributed by atoms with E-state index in [1.165, 1.54) is 12.1 Å². The molecule has 0 saturated heterocycles. The molecule has 3 heterocycles. The Bertz CT molecular complexity index is 1190. The van der Waals surface area contributed by atoms with Crippen molar-refractivity contribution in [2.45, 2.75) is 32.6 Å². The van der Waals surface area contributed by atoms with Gasteiger partial charge in [-0.05, 0) is 43.0 Å². The fourth-order valence-electron chi connectivity index (χ4n) is 3.41. The lowest BCUT2D eigenvalue weighted by molar-refractivity contribution is 0.0987. The van der Waals surface area contributed by atoms with Gasteiger partial charge >= 0.3 is 0 Å². The van der Waals surface area contributed by atoms with Gasteiger partial charge in [0.15, 0.2) is 5.78 Å². The van der Waals surface area contributed by atoms with Crippen molar-refractivity contribution in [3.63, 3.8) is 0 Å². The number of ketones is 1. The predicted octanol–water partition coefficient (Wildman–Crippen LogP) is 5.89. The van der Waals surface area contributed by atoms with Gasteiger partial charge in [-0.15, -0.1) is 11.3 Å². The van der Waals surface area contributed by atoms with E-state index in [1.54, 1.807) is 48.3 Å². The van der Waals surface area contributed by atoms with Gasteiger partial charge in [0.2, 0.25) is 0 Å². The van der Waals surface area contributed by atoms with Crippen LogP contribution < -0.4 is 4.74 Å². The van der Waals surface area contributed by atoms with Crippen LogP contribution in [0.4, 0.5) is 4.39 Å². The molecule has 0 spiro atoms. The zero-order valence-electron chi connectivity index (χ0n) is 17.2. The summed E-state index contributed by atoms with van der Waals surface area (Å²) in [6, 6.07) is 8.25. The molecule has 3 aromatic heterocycles. The van der Waals surface area contributed by atoms with Crippen LogP contribution in [-0.2, 0) is 6.42 Å². The smallest absolute Gasteiger partial charge is 0.164 e. The Labute approximate surface area is 184 Å². The zero-order valence-corrected chi connectivity index (χ0v) is 18.0. The Balaban J connectivity index is 1.39. The standard InChI is InChI=1S/C24H22FN3O2S/c1-2-22(29)17-11-19(13-26-12-17)30-10-4-3-5-21-23-20(14-31-24(23)28-15-27-21)16-6-8-18(25)9-7-16/h6-9,11-15H,2-5,10H2,1H3. The van der Waals surface area contributed by atoms with E-state index in [4.69, 9.17) is 4.74 Å². The Morgan fingerprint density at radius 2 is 1.97 bits per heavy atom. The molecule has 0 aliphatic rings. The number of Topliss-reactive ketones (excluding diaryl/α,β-unsaturated/α-hetero) is 1.